The van der Waals surface area contributed by atoms with Crippen LogP contribution in [0.25, 0.3) is 28.2 Å². The molecule has 1 aliphatic carbocycles. The van der Waals surface area contributed by atoms with E-state index in [4.69, 9.17) is 4.98 Å². The van der Waals surface area contributed by atoms with Crippen molar-refractivity contribution < 1.29 is 0 Å². The van der Waals surface area contributed by atoms with Gasteiger partial charge < -0.3 is 0 Å². The highest BCUT2D eigenvalue weighted by Crippen LogP contribution is 2.51. The Morgan fingerprint density at radius 1 is 0.892 bits per heavy atom. The summed E-state index contributed by atoms with van der Waals surface area (Å²) >= 11 is 0. The Labute approximate surface area is 226 Å². The highest BCUT2D eigenvalue weighted by atomic mass is 15.1. The first-order valence-corrected chi connectivity index (χ1v) is 14.0. The van der Waals surface area contributed by atoms with Gasteiger partial charge in [-0.05, 0) is 69.2 Å². The van der Waals surface area contributed by atoms with Gasteiger partial charge in [0.25, 0.3) is 0 Å². The minimum absolute atomic E-state index is 0.0227. The Morgan fingerprint density at radius 2 is 1.51 bits per heavy atom. The Hall–Kier alpha value is -2.87. The molecule has 0 saturated carbocycles. The highest BCUT2D eigenvalue weighted by molar-refractivity contribution is 5.86. The van der Waals surface area contributed by atoms with Crippen molar-refractivity contribution in [2.24, 2.45) is 11.8 Å². The third kappa shape index (κ3) is 5.00. The van der Waals surface area contributed by atoms with Gasteiger partial charge in [-0.2, -0.15) is 0 Å². The Bertz CT molecular complexity index is 1320. The average molecular weight is 497 g/mol. The molecule has 0 amide bonds. The summed E-state index contributed by atoms with van der Waals surface area (Å²) in [5, 5.41) is 0. The van der Waals surface area contributed by atoms with E-state index in [1.807, 2.05) is 20.0 Å². The number of nitrogens with zero attached hydrogens (tertiary/aromatic N) is 2. The molecule has 2 aromatic carbocycles. The zero-order valence-corrected chi connectivity index (χ0v) is 25.4. The zero-order valence-electron chi connectivity index (χ0n) is 25.4. The molecule has 2 heteroatoms. The number of hydrogen-bond donors (Lipinski definition) is 0. The van der Waals surface area contributed by atoms with E-state index in [0.29, 0.717) is 11.8 Å². The monoisotopic (exact) mass is 496 g/mol. The second-order valence-corrected chi connectivity index (χ2v) is 12.4. The molecule has 1 aromatic heterocycles. The molecule has 1 heterocycles. The van der Waals surface area contributed by atoms with E-state index in [0.717, 1.165) is 11.4 Å². The van der Waals surface area contributed by atoms with Crippen molar-refractivity contribution >= 4 is 5.70 Å². The second kappa shape index (κ2) is 10.5. The van der Waals surface area contributed by atoms with Crippen LogP contribution in [0.15, 0.2) is 66.5 Å². The summed E-state index contributed by atoms with van der Waals surface area (Å²) < 4.78 is 2.29. The van der Waals surface area contributed by atoms with Gasteiger partial charge in [0.15, 0.2) is 0 Å². The summed E-state index contributed by atoms with van der Waals surface area (Å²) in [6.45, 7) is 31.4. The minimum Gasteiger partial charge on any atom is -0.300 e. The zero-order chi connectivity index (χ0) is 27.9. The molecule has 0 aliphatic heterocycles. The molecule has 0 bridgehead atoms. The van der Waals surface area contributed by atoms with Gasteiger partial charge >= 0.3 is 0 Å². The van der Waals surface area contributed by atoms with Gasteiger partial charge in [-0.1, -0.05) is 113 Å². The summed E-state index contributed by atoms with van der Waals surface area (Å²) in [5.41, 5.74) is 11.7. The van der Waals surface area contributed by atoms with Crippen LogP contribution in [-0.4, -0.2) is 9.55 Å². The number of benzene rings is 2. The molecule has 0 fully saturated rings. The third-order valence-electron chi connectivity index (χ3n) is 7.89. The fourth-order valence-corrected chi connectivity index (χ4v) is 5.38. The van der Waals surface area contributed by atoms with Crippen LogP contribution < -0.4 is 0 Å². The minimum atomic E-state index is -0.0297. The molecular formula is C35H48N2. The van der Waals surface area contributed by atoms with Gasteiger partial charge in [0.1, 0.15) is 5.82 Å². The van der Waals surface area contributed by atoms with Crippen LogP contribution in [0.3, 0.4) is 0 Å². The molecule has 0 saturated heterocycles. The molecule has 0 atom stereocenters. The molecule has 0 radical (unpaired) electrons. The molecule has 0 spiro atoms. The maximum atomic E-state index is 4.97. The maximum Gasteiger partial charge on any atom is 0.144 e. The smallest absolute Gasteiger partial charge is 0.144 e. The standard InChI is InChI=1S/C33H42N2.C2H6/c1-20(2)22(5)30(23(6)21(3)4)35-17-16-34-31(35)26-18-25-24-14-12-13-15-27(24)33(10,11)29(25)19-28(26)32(7,8)9;1-2/h12-21H,5H2,1-4,6-11H3;1-2H3/b30-23-;. The number of rotatable bonds is 5. The van der Waals surface area contributed by atoms with E-state index in [1.165, 1.54) is 44.7 Å². The van der Waals surface area contributed by atoms with Crippen molar-refractivity contribution in [3.8, 4) is 22.5 Å². The summed E-state index contributed by atoms with van der Waals surface area (Å²) in [5.74, 6) is 1.77. The molecule has 3 aromatic rings. The first-order valence-electron chi connectivity index (χ1n) is 14.0. The van der Waals surface area contributed by atoms with Crippen LogP contribution in [0.4, 0.5) is 0 Å². The topological polar surface area (TPSA) is 17.8 Å². The first-order chi connectivity index (χ1) is 17.3. The van der Waals surface area contributed by atoms with E-state index in [2.05, 4.69) is 123 Å². The molecule has 0 N–H and O–H groups in total. The summed E-state index contributed by atoms with van der Waals surface area (Å²) in [6.07, 6.45) is 4.05. The van der Waals surface area contributed by atoms with E-state index in [9.17, 15) is 0 Å². The van der Waals surface area contributed by atoms with Crippen molar-refractivity contribution in [2.45, 2.75) is 93.9 Å². The van der Waals surface area contributed by atoms with Gasteiger partial charge in [-0.15, -0.1) is 0 Å². The van der Waals surface area contributed by atoms with E-state index >= 15 is 0 Å². The van der Waals surface area contributed by atoms with Gasteiger partial charge in [0.05, 0.1) is 0 Å². The normalized spacial score (nSPS) is 14.6. The summed E-state index contributed by atoms with van der Waals surface area (Å²) in [7, 11) is 0. The van der Waals surface area contributed by atoms with E-state index in [-0.39, 0.29) is 10.8 Å². The van der Waals surface area contributed by atoms with Crippen molar-refractivity contribution in [3.63, 3.8) is 0 Å². The van der Waals surface area contributed by atoms with Crippen molar-refractivity contribution in [1.29, 1.82) is 0 Å². The summed E-state index contributed by atoms with van der Waals surface area (Å²) in [4.78, 5) is 4.97. The predicted molar refractivity (Wildman–Crippen MR) is 163 cm³/mol. The Morgan fingerprint density at radius 3 is 2.08 bits per heavy atom. The summed E-state index contributed by atoms with van der Waals surface area (Å²) in [6, 6.07) is 13.7. The van der Waals surface area contributed by atoms with Crippen LogP contribution in [0.2, 0.25) is 0 Å². The van der Waals surface area contributed by atoms with Crippen LogP contribution >= 0.6 is 0 Å². The molecule has 2 nitrogen and oxygen atoms in total. The largest absolute Gasteiger partial charge is 0.300 e. The Balaban J connectivity index is 0.00000186. The van der Waals surface area contributed by atoms with Gasteiger partial charge in [-0.3, -0.25) is 4.57 Å². The number of imidazole rings is 1. The average Bonchev–Trinajstić information content (AvgIpc) is 3.40. The lowest BCUT2D eigenvalue weighted by Gasteiger charge is -2.29. The lowest BCUT2D eigenvalue weighted by Crippen LogP contribution is -2.19. The maximum absolute atomic E-state index is 4.97. The number of allylic oxidation sites excluding steroid dienone is 3. The van der Waals surface area contributed by atoms with Gasteiger partial charge in [0.2, 0.25) is 0 Å². The van der Waals surface area contributed by atoms with Crippen LogP contribution in [0, 0.1) is 11.8 Å². The van der Waals surface area contributed by atoms with Crippen LogP contribution in [0.5, 0.6) is 0 Å². The SMILES string of the molecule is C=C(/C(=C(\C)C(C)C)n1ccnc1-c1cc2c(cc1C(C)(C)C)C(C)(C)c1ccccc1-2)C(C)C.CC. The van der Waals surface area contributed by atoms with E-state index < -0.39 is 0 Å². The lowest BCUT2D eigenvalue weighted by atomic mass is 9.77. The lowest BCUT2D eigenvalue weighted by molar-refractivity contribution is 0.585. The van der Waals surface area contributed by atoms with Crippen molar-refractivity contribution in [2.75, 3.05) is 0 Å². The van der Waals surface area contributed by atoms with Crippen molar-refractivity contribution in [3.05, 3.63) is 83.2 Å². The van der Waals surface area contributed by atoms with Crippen molar-refractivity contribution in [1.82, 2.24) is 9.55 Å². The number of fused-ring (bicyclic) bond motifs is 3. The van der Waals surface area contributed by atoms with E-state index in [1.54, 1.807) is 0 Å². The Kier molecular flexibility index (Phi) is 8.13. The number of aromatic nitrogens is 2. The predicted octanol–water partition coefficient (Wildman–Crippen LogP) is 10.3. The molecule has 1 aliphatic rings. The van der Waals surface area contributed by atoms with Gasteiger partial charge in [-0.25, -0.2) is 4.98 Å². The highest BCUT2D eigenvalue weighted by Gasteiger charge is 2.37. The first kappa shape index (κ1) is 28.7. The third-order valence-corrected chi connectivity index (χ3v) is 7.89. The van der Waals surface area contributed by atoms with Gasteiger partial charge in [0, 0.05) is 29.1 Å². The number of hydrogen-bond acceptors (Lipinski definition) is 1. The molecular weight excluding hydrogens is 448 g/mol. The fraction of sp³-hybridized carbons (Fsp3) is 0.457. The molecule has 37 heavy (non-hydrogen) atoms. The quantitative estimate of drug-likeness (QED) is 0.321. The van der Waals surface area contributed by atoms with Crippen LogP contribution in [0.1, 0.15) is 99.8 Å². The molecule has 198 valence electrons. The molecule has 4 rings (SSSR count). The molecule has 0 unspecified atom stereocenters. The fourth-order valence-electron chi connectivity index (χ4n) is 5.38. The second-order valence-electron chi connectivity index (χ2n) is 12.4. The van der Waals surface area contributed by atoms with Crippen LogP contribution in [-0.2, 0) is 10.8 Å².